The van der Waals surface area contributed by atoms with Crippen molar-refractivity contribution in [3.05, 3.63) is 0 Å². The average Bonchev–Trinajstić information content (AvgIpc) is 1.82. The SMILES string of the molecule is Br.Cl.I.O=C(O)CC(O)(CC(=O)O)C(=O)O.[H-].[H-].[H-].[H-].[H-].[Na+].[Na+].[Na+].[Na+].[Na+]. The first kappa shape index (κ1) is 56.2. The van der Waals surface area contributed by atoms with Gasteiger partial charge < -0.3 is 27.6 Å². The second kappa shape index (κ2) is 29.6. The van der Waals surface area contributed by atoms with Crippen LogP contribution in [0.2, 0.25) is 0 Å². The molecule has 0 spiro atoms. The summed E-state index contributed by atoms with van der Waals surface area (Å²) < 4.78 is 0. The normalized spacial score (nSPS) is 6.71. The van der Waals surface area contributed by atoms with E-state index in [0.717, 1.165) is 0 Å². The summed E-state index contributed by atoms with van der Waals surface area (Å²) in [4.78, 5) is 30.5. The van der Waals surface area contributed by atoms with Crippen LogP contribution in [-0.2, 0) is 14.4 Å². The van der Waals surface area contributed by atoms with Crippen LogP contribution in [0.4, 0.5) is 0 Å². The molecule has 0 rings (SSSR count). The third-order valence-corrected chi connectivity index (χ3v) is 1.29. The van der Waals surface area contributed by atoms with Gasteiger partial charge in [-0.15, -0.1) is 53.4 Å². The Morgan fingerprint density at radius 3 is 1.10 bits per heavy atom. The Morgan fingerprint density at radius 2 is 1.00 bits per heavy atom. The third kappa shape index (κ3) is 29.9. The smallest absolute Gasteiger partial charge is 1.00 e. The van der Waals surface area contributed by atoms with Gasteiger partial charge in [0.15, 0.2) is 5.60 Å². The second-order valence-corrected chi connectivity index (χ2v) is 2.48. The van der Waals surface area contributed by atoms with Crippen molar-refractivity contribution in [1.82, 2.24) is 0 Å². The number of carboxylic acids is 3. The van der Waals surface area contributed by atoms with Gasteiger partial charge in [0.1, 0.15) is 0 Å². The molecule has 0 saturated heterocycles. The van der Waals surface area contributed by atoms with E-state index in [1.165, 1.54) is 0 Å². The first-order valence-electron chi connectivity index (χ1n) is 3.17. The molecule has 108 valence electrons. The van der Waals surface area contributed by atoms with Gasteiger partial charge >= 0.3 is 166 Å². The van der Waals surface area contributed by atoms with Gasteiger partial charge in [0.25, 0.3) is 0 Å². The fraction of sp³-hybridized carbons (Fsp3) is 0.500. The number of aliphatic carboxylic acids is 3. The molecule has 7 nitrogen and oxygen atoms in total. The first-order chi connectivity index (χ1) is 5.78. The van der Waals surface area contributed by atoms with Crippen LogP contribution in [0.15, 0.2) is 0 Å². The standard InChI is InChI=1S/C6H8O7.BrH.ClH.HI.5Na.5H/c7-3(8)1-6(13,5(11)12)2-4(9)10;;;;;;;;;;;;;/h13H,1-2H2,(H,7,8)(H,9,10)(H,11,12);3*1H;;;;;;;;;;/q;;;;5*+1;5*-1. The zero-order chi connectivity index (χ0) is 10.6. The summed E-state index contributed by atoms with van der Waals surface area (Å²) in [6.45, 7) is 0. The number of carboxylic acid groups (broad SMARTS) is 3. The monoisotopic (exact) mass is 556 g/mol. The summed E-state index contributed by atoms with van der Waals surface area (Å²) in [6, 6.07) is 0. The minimum Gasteiger partial charge on any atom is -1.00 e. The van der Waals surface area contributed by atoms with Gasteiger partial charge in [-0.2, -0.15) is 0 Å². The predicted molar refractivity (Wildman–Crippen MR) is 75.6 cm³/mol. The molecule has 4 N–H and O–H groups in total. The van der Waals surface area contributed by atoms with Crippen LogP contribution in [0.25, 0.3) is 0 Å². The van der Waals surface area contributed by atoms with E-state index in [4.69, 9.17) is 20.4 Å². The number of aliphatic hydroxyl groups is 1. The van der Waals surface area contributed by atoms with Gasteiger partial charge in [-0.25, -0.2) is 4.79 Å². The molecule has 0 aromatic heterocycles. The molecule has 0 aromatic rings. The van der Waals surface area contributed by atoms with E-state index in [0.29, 0.717) is 0 Å². The third-order valence-electron chi connectivity index (χ3n) is 1.29. The fourth-order valence-corrected chi connectivity index (χ4v) is 0.714. The summed E-state index contributed by atoms with van der Waals surface area (Å²) in [5, 5.41) is 33.8. The van der Waals surface area contributed by atoms with Gasteiger partial charge in [0, 0.05) is 0 Å². The van der Waals surface area contributed by atoms with Crippen LogP contribution in [0, 0.1) is 0 Å². The Kier molecular flexibility index (Phi) is 79.3. The van der Waals surface area contributed by atoms with Gasteiger partial charge in [-0.05, 0) is 0 Å². The summed E-state index contributed by atoms with van der Waals surface area (Å²) in [6.07, 6.45) is -2.29. The van der Waals surface area contributed by atoms with E-state index in [9.17, 15) is 14.4 Å². The second-order valence-electron chi connectivity index (χ2n) is 2.48. The molecule has 0 unspecified atom stereocenters. The van der Waals surface area contributed by atoms with E-state index >= 15 is 0 Å². The molecule has 15 heteroatoms. The average molecular weight is 557 g/mol. The van der Waals surface area contributed by atoms with Crippen molar-refractivity contribution in [3.8, 4) is 0 Å². The van der Waals surface area contributed by atoms with Crippen molar-refractivity contribution in [2.24, 2.45) is 0 Å². The van der Waals surface area contributed by atoms with Crippen molar-refractivity contribution in [3.63, 3.8) is 0 Å². The van der Waals surface area contributed by atoms with Gasteiger partial charge in [0.05, 0.1) is 12.8 Å². The molecule has 0 heterocycles. The number of halogens is 3. The molecule has 21 heavy (non-hydrogen) atoms. The van der Waals surface area contributed by atoms with Crippen LogP contribution < -0.4 is 148 Å². The molecule has 0 atom stereocenters. The number of rotatable bonds is 5. The van der Waals surface area contributed by atoms with E-state index in [1.54, 1.807) is 0 Å². The van der Waals surface area contributed by atoms with E-state index in [-0.39, 0.29) is 208 Å². The molecule has 0 aliphatic heterocycles. The maximum atomic E-state index is 10.3. The van der Waals surface area contributed by atoms with Crippen molar-refractivity contribution < 1.29 is 190 Å². The summed E-state index contributed by atoms with van der Waals surface area (Å²) in [7, 11) is 0. The molecular formula is C6H16BrClINa5O7. The first-order valence-corrected chi connectivity index (χ1v) is 3.17. The zero-order valence-corrected chi connectivity index (χ0v) is 27.5. The summed E-state index contributed by atoms with van der Waals surface area (Å²) >= 11 is 0. The Balaban J connectivity index is -0.00000000923. The van der Waals surface area contributed by atoms with Crippen LogP contribution in [-0.4, -0.2) is 43.9 Å². The van der Waals surface area contributed by atoms with Gasteiger partial charge in [-0.3, -0.25) is 9.59 Å². The maximum Gasteiger partial charge on any atom is 1.00 e. The number of hydrogen-bond donors (Lipinski definition) is 4. The molecule has 0 aliphatic rings. The molecule has 0 fully saturated rings. The van der Waals surface area contributed by atoms with E-state index < -0.39 is 36.4 Å². The topological polar surface area (TPSA) is 132 Å². The largest absolute Gasteiger partial charge is 1.00 e. The Hall–Kier alpha value is 4.87. The molecule has 0 amide bonds. The summed E-state index contributed by atoms with van der Waals surface area (Å²) in [5.41, 5.74) is -2.74. The van der Waals surface area contributed by atoms with Crippen molar-refractivity contribution in [2.75, 3.05) is 0 Å². The van der Waals surface area contributed by atoms with E-state index in [2.05, 4.69) is 0 Å². The number of carbonyl (C=O) groups is 3. The van der Waals surface area contributed by atoms with Crippen LogP contribution in [0.3, 0.4) is 0 Å². The Morgan fingerprint density at radius 1 is 0.810 bits per heavy atom. The van der Waals surface area contributed by atoms with Gasteiger partial charge in [-0.1, -0.05) is 0 Å². The van der Waals surface area contributed by atoms with Crippen LogP contribution >= 0.6 is 53.4 Å². The van der Waals surface area contributed by atoms with Crippen molar-refractivity contribution in [1.29, 1.82) is 0 Å². The van der Waals surface area contributed by atoms with Crippen molar-refractivity contribution in [2.45, 2.75) is 18.4 Å². The number of hydrogen-bond acceptors (Lipinski definition) is 4. The molecule has 0 aliphatic carbocycles. The zero-order valence-electron chi connectivity index (χ0n) is 17.7. The van der Waals surface area contributed by atoms with Gasteiger partial charge in [0.2, 0.25) is 0 Å². The van der Waals surface area contributed by atoms with Crippen LogP contribution in [0.1, 0.15) is 20.0 Å². The Bertz CT molecular complexity index is 278. The Labute approximate surface area is 274 Å². The molecule has 0 saturated carbocycles. The molecule has 0 radical (unpaired) electrons. The molecule has 0 bridgehead atoms. The maximum absolute atomic E-state index is 10.3. The predicted octanol–water partition coefficient (Wildman–Crippen LogP) is -14.0. The minimum absolute atomic E-state index is 0. The van der Waals surface area contributed by atoms with Crippen LogP contribution in [0.5, 0.6) is 0 Å². The molecule has 0 aromatic carbocycles. The quantitative estimate of drug-likeness (QED) is 0.195. The fourth-order valence-electron chi connectivity index (χ4n) is 0.714. The molecular weight excluding hydrogens is 541 g/mol. The minimum atomic E-state index is -2.74. The van der Waals surface area contributed by atoms with E-state index in [1.807, 2.05) is 0 Å². The summed E-state index contributed by atoms with van der Waals surface area (Å²) in [5.74, 6) is -5.02. The van der Waals surface area contributed by atoms with Crippen molar-refractivity contribution >= 4 is 71.3 Å².